The van der Waals surface area contributed by atoms with E-state index in [1.54, 1.807) is 18.2 Å². The van der Waals surface area contributed by atoms with Gasteiger partial charge in [-0.05, 0) is 50.2 Å². The third kappa shape index (κ3) is 5.60. The number of nitrogens with two attached hydrogens (primary N) is 1. The number of rotatable bonds is 7. The number of anilines is 1. The summed E-state index contributed by atoms with van der Waals surface area (Å²) in [5.41, 5.74) is 8.46. The van der Waals surface area contributed by atoms with Crippen molar-refractivity contribution in [3.63, 3.8) is 0 Å². The maximum absolute atomic E-state index is 8.76. The molecule has 7 nitrogen and oxygen atoms in total. The second-order valence-corrected chi connectivity index (χ2v) is 5.37. The molecule has 1 heterocycles. The van der Waals surface area contributed by atoms with Gasteiger partial charge in [-0.25, -0.2) is 0 Å². The summed E-state index contributed by atoms with van der Waals surface area (Å²) >= 11 is 0. The Kier molecular flexibility index (Phi) is 6.39. The number of likely N-dealkylation sites (tertiary alicyclic amines) is 1. The molecule has 1 aliphatic rings. The van der Waals surface area contributed by atoms with Crippen LogP contribution in [0.3, 0.4) is 0 Å². The minimum absolute atomic E-state index is 0.146. The van der Waals surface area contributed by atoms with E-state index in [4.69, 9.17) is 21.1 Å². The molecule has 0 aliphatic carbocycles. The predicted molar refractivity (Wildman–Crippen MR) is 90.8 cm³/mol. The third-order valence-electron chi connectivity index (χ3n) is 3.64. The highest BCUT2D eigenvalue weighted by atomic mass is 16.5. The molecule has 2 rings (SSSR count). The quantitative estimate of drug-likeness (QED) is 0.403. The standard InChI is InChI=1S/C16H22N6O/c17-12-15(16(18)19)21-20-13-4-6-14(7-5-13)23-11-10-22-8-2-1-3-9-22/h4-7,20H,1-3,8-11H2,(H3,18,19)/b21-15+. The Labute approximate surface area is 136 Å². The Balaban J connectivity index is 1.78. The van der Waals surface area contributed by atoms with Crippen molar-refractivity contribution in [3.05, 3.63) is 24.3 Å². The smallest absolute Gasteiger partial charge is 0.201 e. The van der Waals surface area contributed by atoms with Gasteiger partial charge in [-0.15, -0.1) is 0 Å². The second kappa shape index (κ2) is 8.76. The number of ether oxygens (including phenoxy) is 1. The van der Waals surface area contributed by atoms with Crippen molar-refractivity contribution in [1.29, 1.82) is 10.7 Å². The maximum Gasteiger partial charge on any atom is 0.201 e. The first-order valence-electron chi connectivity index (χ1n) is 7.72. The van der Waals surface area contributed by atoms with Gasteiger partial charge in [-0.2, -0.15) is 10.4 Å². The largest absolute Gasteiger partial charge is 0.492 e. The average Bonchev–Trinajstić information content (AvgIpc) is 2.57. The van der Waals surface area contributed by atoms with E-state index in [0.29, 0.717) is 12.3 Å². The number of hydrazone groups is 1. The number of hydrogen-bond donors (Lipinski definition) is 3. The van der Waals surface area contributed by atoms with Gasteiger partial charge in [-0.3, -0.25) is 15.7 Å². The van der Waals surface area contributed by atoms with Crippen molar-refractivity contribution < 1.29 is 4.74 Å². The first-order valence-corrected chi connectivity index (χ1v) is 7.72. The van der Waals surface area contributed by atoms with Gasteiger partial charge in [0.05, 0.1) is 5.69 Å². The maximum atomic E-state index is 8.76. The molecule has 0 aromatic heterocycles. The molecular formula is C16H22N6O. The molecule has 0 saturated carbocycles. The van der Waals surface area contributed by atoms with Gasteiger partial charge in [0, 0.05) is 6.54 Å². The zero-order chi connectivity index (χ0) is 16.5. The lowest BCUT2D eigenvalue weighted by Crippen LogP contribution is -2.33. The van der Waals surface area contributed by atoms with Crippen LogP contribution in [0.25, 0.3) is 0 Å². The van der Waals surface area contributed by atoms with Gasteiger partial charge < -0.3 is 10.5 Å². The summed E-state index contributed by atoms with van der Waals surface area (Å²) in [6.07, 6.45) is 3.91. The molecule has 1 aromatic rings. The SMILES string of the molecule is N#C/C(=N\Nc1ccc(OCCN2CCCCC2)cc1)C(=N)N. The number of piperidine rings is 1. The van der Waals surface area contributed by atoms with E-state index < -0.39 is 0 Å². The Morgan fingerprint density at radius 3 is 2.61 bits per heavy atom. The number of amidine groups is 1. The molecule has 0 spiro atoms. The molecule has 0 radical (unpaired) electrons. The van der Waals surface area contributed by atoms with E-state index in [1.165, 1.54) is 32.4 Å². The van der Waals surface area contributed by atoms with Crippen LogP contribution in [0.15, 0.2) is 29.4 Å². The Morgan fingerprint density at radius 1 is 1.30 bits per heavy atom. The van der Waals surface area contributed by atoms with Crippen LogP contribution in [0, 0.1) is 16.7 Å². The van der Waals surface area contributed by atoms with Crippen molar-refractivity contribution in [2.45, 2.75) is 19.3 Å². The van der Waals surface area contributed by atoms with E-state index in [2.05, 4.69) is 15.4 Å². The molecular weight excluding hydrogens is 292 g/mol. The summed E-state index contributed by atoms with van der Waals surface area (Å²) < 4.78 is 5.74. The fourth-order valence-electron chi connectivity index (χ4n) is 2.37. The minimum Gasteiger partial charge on any atom is -0.492 e. The predicted octanol–water partition coefficient (Wildman–Crippen LogP) is 1.78. The molecule has 7 heteroatoms. The van der Waals surface area contributed by atoms with E-state index in [1.807, 2.05) is 12.1 Å². The molecule has 0 bridgehead atoms. The Bertz CT molecular complexity index is 584. The summed E-state index contributed by atoms with van der Waals surface area (Å²) in [6, 6.07) is 9.03. The van der Waals surface area contributed by atoms with Crippen LogP contribution in [0.5, 0.6) is 5.75 Å². The van der Waals surface area contributed by atoms with Gasteiger partial charge in [0.25, 0.3) is 0 Å². The number of nitrogens with one attached hydrogen (secondary N) is 2. The molecule has 1 aromatic carbocycles. The lowest BCUT2D eigenvalue weighted by atomic mass is 10.1. The molecule has 1 saturated heterocycles. The third-order valence-corrected chi connectivity index (χ3v) is 3.64. The average molecular weight is 314 g/mol. The van der Waals surface area contributed by atoms with Crippen LogP contribution < -0.4 is 15.9 Å². The van der Waals surface area contributed by atoms with Crippen LogP contribution >= 0.6 is 0 Å². The van der Waals surface area contributed by atoms with Gasteiger partial charge in [0.2, 0.25) is 5.71 Å². The molecule has 1 aliphatic heterocycles. The lowest BCUT2D eigenvalue weighted by Gasteiger charge is -2.26. The number of nitrogens with zero attached hydrogens (tertiary/aromatic N) is 3. The van der Waals surface area contributed by atoms with Gasteiger partial charge in [0.15, 0.2) is 5.84 Å². The second-order valence-electron chi connectivity index (χ2n) is 5.37. The highest BCUT2D eigenvalue weighted by Gasteiger charge is 2.09. The number of nitriles is 1. The van der Waals surface area contributed by atoms with Crippen molar-refractivity contribution in [2.24, 2.45) is 10.8 Å². The molecule has 0 amide bonds. The van der Waals surface area contributed by atoms with Crippen LogP contribution in [0.1, 0.15) is 19.3 Å². The van der Waals surface area contributed by atoms with Crippen LogP contribution in [0.2, 0.25) is 0 Å². The Morgan fingerprint density at radius 2 is 2.00 bits per heavy atom. The van der Waals surface area contributed by atoms with E-state index in [9.17, 15) is 0 Å². The van der Waals surface area contributed by atoms with E-state index in [-0.39, 0.29) is 11.5 Å². The van der Waals surface area contributed by atoms with Crippen molar-refractivity contribution >= 4 is 17.2 Å². The summed E-state index contributed by atoms with van der Waals surface area (Å²) in [4.78, 5) is 2.43. The lowest BCUT2D eigenvalue weighted by molar-refractivity contribution is 0.183. The van der Waals surface area contributed by atoms with Crippen LogP contribution in [-0.4, -0.2) is 42.7 Å². The fourth-order valence-corrected chi connectivity index (χ4v) is 2.37. The zero-order valence-corrected chi connectivity index (χ0v) is 13.1. The highest BCUT2D eigenvalue weighted by molar-refractivity contribution is 6.45. The fraction of sp³-hybridized carbons (Fsp3) is 0.438. The molecule has 0 atom stereocenters. The summed E-state index contributed by atoms with van der Waals surface area (Å²) in [6.45, 7) is 3.96. The van der Waals surface area contributed by atoms with Crippen molar-refractivity contribution in [2.75, 3.05) is 31.7 Å². The first-order chi connectivity index (χ1) is 11.2. The monoisotopic (exact) mass is 314 g/mol. The number of benzene rings is 1. The topological polar surface area (TPSA) is 111 Å². The van der Waals surface area contributed by atoms with Crippen molar-refractivity contribution in [1.82, 2.24) is 4.90 Å². The van der Waals surface area contributed by atoms with Crippen molar-refractivity contribution in [3.8, 4) is 11.8 Å². The minimum atomic E-state index is -0.363. The summed E-state index contributed by atoms with van der Waals surface area (Å²) in [5, 5.41) is 19.7. The van der Waals surface area contributed by atoms with Gasteiger partial charge >= 0.3 is 0 Å². The molecule has 23 heavy (non-hydrogen) atoms. The van der Waals surface area contributed by atoms with Crippen LogP contribution in [0.4, 0.5) is 5.69 Å². The molecule has 122 valence electrons. The molecule has 1 fully saturated rings. The number of hydrogen-bond acceptors (Lipinski definition) is 6. The van der Waals surface area contributed by atoms with Crippen LogP contribution in [-0.2, 0) is 0 Å². The zero-order valence-electron chi connectivity index (χ0n) is 13.1. The van der Waals surface area contributed by atoms with E-state index >= 15 is 0 Å². The van der Waals surface area contributed by atoms with Gasteiger partial charge in [0.1, 0.15) is 18.4 Å². The molecule has 4 N–H and O–H groups in total. The summed E-state index contributed by atoms with van der Waals surface area (Å²) in [5.74, 6) is 0.432. The molecule has 0 unspecified atom stereocenters. The Hall–Kier alpha value is -2.59. The first kappa shape index (κ1) is 16.8. The normalized spacial score (nSPS) is 15.7. The summed E-state index contributed by atoms with van der Waals surface area (Å²) in [7, 11) is 0. The van der Waals surface area contributed by atoms with E-state index in [0.717, 1.165) is 12.3 Å². The highest BCUT2D eigenvalue weighted by Crippen LogP contribution is 2.16. The van der Waals surface area contributed by atoms with Gasteiger partial charge in [-0.1, -0.05) is 6.42 Å².